The van der Waals surface area contributed by atoms with E-state index in [4.69, 9.17) is 11.6 Å². The number of carbonyl (C=O) groups excluding carboxylic acids is 1. The monoisotopic (exact) mass is 292 g/mol. The van der Waals surface area contributed by atoms with Gasteiger partial charge in [-0.05, 0) is 36.8 Å². The van der Waals surface area contributed by atoms with Crippen LogP contribution in [-0.4, -0.2) is 12.6 Å². The zero-order chi connectivity index (χ0) is 14.2. The average molecular weight is 293 g/mol. The van der Waals surface area contributed by atoms with Gasteiger partial charge in [-0.1, -0.05) is 48.7 Å². The van der Waals surface area contributed by atoms with Gasteiger partial charge in [-0.3, -0.25) is 0 Å². The van der Waals surface area contributed by atoms with Crippen LogP contribution in [0.4, 0.5) is 4.79 Å². The standard InChI is InChI=1S/C16H21ClN2O/c17-15-8-4-3-7-14(15)10-12-19-16(20)18-11-9-13-5-1-2-6-13/h3-4,7-9,11,13H,1-2,5-6,10,12H2,(H2,18,19,20)/b11-9+. The number of nitrogens with one attached hydrogen (secondary N) is 2. The molecule has 0 bridgehead atoms. The molecule has 0 aliphatic heterocycles. The zero-order valence-corrected chi connectivity index (χ0v) is 12.3. The first kappa shape index (κ1) is 14.9. The molecule has 0 saturated heterocycles. The highest BCUT2D eigenvalue weighted by atomic mass is 35.5. The third-order valence-corrected chi connectivity index (χ3v) is 3.99. The van der Waals surface area contributed by atoms with Gasteiger partial charge in [0.05, 0.1) is 0 Å². The number of allylic oxidation sites excluding steroid dienone is 1. The van der Waals surface area contributed by atoms with Crippen molar-refractivity contribution < 1.29 is 4.79 Å². The SMILES string of the molecule is O=C(N/C=C/C1CCCC1)NCCc1ccccc1Cl. The Morgan fingerprint density at radius 1 is 1.30 bits per heavy atom. The van der Waals surface area contributed by atoms with Crippen molar-refractivity contribution in [2.45, 2.75) is 32.1 Å². The Bertz CT molecular complexity index is 467. The topological polar surface area (TPSA) is 41.1 Å². The van der Waals surface area contributed by atoms with E-state index in [2.05, 4.69) is 16.7 Å². The average Bonchev–Trinajstić information content (AvgIpc) is 2.94. The van der Waals surface area contributed by atoms with E-state index in [0.717, 1.165) is 17.0 Å². The molecule has 0 spiro atoms. The van der Waals surface area contributed by atoms with E-state index in [9.17, 15) is 4.79 Å². The summed E-state index contributed by atoms with van der Waals surface area (Å²) in [6.45, 7) is 0.576. The lowest BCUT2D eigenvalue weighted by molar-refractivity contribution is 0.244. The van der Waals surface area contributed by atoms with Crippen molar-refractivity contribution >= 4 is 17.6 Å². The third-order valence-electron chi connectivity index (χ3n) is 3.62. The first-order valence-electron chi connectivity index (χ1n) is 7.20. The number of hydrogen-bond donors (Lipinski definition) is 2. The van der Waals surface area contributed by atoms with Crippen LogP contribution in [0.2, 0.25) is 5.02 Å². The van der Waals surface area contributed by atoms with Gasteiger partial charge >= 0.3 is 6.03 Å². The quantitative estimate of drug-likeness (QED) is 0.849. The number of benzene rings is 1. The van der Waals surface area contributed by atoms with E-state index < -0.39 is 0 Å². The molecule has 2 amide bonds. The first-order chi connectivity index (χ1) is 9.75. The fourth-order valence-electron chi connectivity index (χ4n) is 2.47. The second-order valence-electron chi connectivity index (χ2n) is 5.15. The van der Waals surface area contributed by atoms with Crippen LogP contribution >= 0.6 is 11.6 Å². The Hall–Kier alpha value is -1.48. The molecular weight excluding hydrogens is 272 g/mol. The summed E-state index contributed by atoms with van der Waals surface area (Å²) in [5, 5.41) is 6.32. The van der Waals surface area contributed by atoms with Crippen LogP contribution in [0.15, 0.2) is 36.5 Å². The van der Waals surface area contributed by atoms with Gasteiger partial charge in [0.15, 0.2) is 0 Å². The maximum Gasteiger partial charge on any atom is 0.318 e. The van der Waals surface area contributed by atoms with Crippen molar-refractivity contribution in [1.29, 1.82) is 0 Å². The van der Waals surface area contributed by atoms with Crippen molar-refractivity contribution in [2.24, 2.45) is 5.92 Å². The smallest absolute Gasteiger partial charge is 0.318 e. The van der Waals surface area contributed by atoms with Gasteiger partial charge in [-0.2, -0.15) is 0 Å². The Morgan fingerprint density at radius 2 is 2.05 bits per heavy atom. The Labute approximate surface area is 125 Å². The molecule has 1 aliphatic carbocycles. The summed E-state index contributed by atoms with van der Waals surface area (Å²) >= 11 is 6.06. The van der Waals surface area contributed by atoms with Crippen LogP contribution in [0.1, 0.15) is 31.2 Å². The van der Waals surface area contributed by atoms with E-state index >= 15 is 0 Å². The summed E-state index contributed by atoms with van der Waals surface area (Å²) < 4.78 is 0. The van der Waals surface area contributed by atoms with Crippen molar-refractivity contribution in [1.82, 2.24) is 10.6 Å². The second kappa shape index (κ2) is 7.95. The Kier molecular flexibility index (Phi) is 5.93. The van der Waals surface area contributed by atoms with Gasteiger partial charge < -0.3 is 10.6 Å². The number of urea groups is 1. The molecule has 1 aromatic rings. The number of halogens is 1. The van der Waals surface area contributed by atoms with E-state index in [0.29, 0.717) is 12.5 Å². The van der Waals surface area contributed by atoms with Gasteiger partial charge in [0.25, 0.3) is 0 Å². The molecule has 0 unspecified atom stereocenters. The molecule has 1 aliphatic rings. The lowest BCUT2D eigenvalue weighted by atomic mass is 10.1. The summed E-state index contributed by atoms with van der Waals surface area (Å²) in [7, 11) is 0. The molecule has 1 aromatic carbocycles. The summed E-state index contributed by atoms with van der Waals surface area (Å²) in [4.78, 5) is 11.6. The van der Waals surface area contributed by atoms with Gasteiger partial charge in [0.2, 0.25) is 0 Å². The van der Waals surface area contributed by atoms with Crippen LogP contribution in [-0.2, 0) is 6.42 Å². The predicted molar refractivity (Wildman–Crippen MR) is 82.8 cm³/mol. The van der Waals surface area contributed by atoms with E-state index in [1.165, 1.54) is 25.7 Å². The highest BCUT2D eigenvalue weighted by Crippen LogP contribution is 2.25. The second-order valence-corrected chi connectivity index (χ2v) is 5.55. The zero-order valence-electron chi connectivity index (χ0n) is 11.6. The largest absolute Gasteiger partial charge is 0.338 e. The van der Waals surface area contributed by atoms with Gasteiger partial charge in [0.1, 0.15) is 0 Å². The fraction of sp³-hybridized carbons (Fsp3) is 0.438. The van der Waals surface area contributed by atoms with Gasteiger partial charge in [-0.15, -0.1) is 0 Å². The third kappa shape index (κ3) is 4.89. The van der Waals surface area contributed by atoms with E-state index in [1.807, 2.05) is 24.3 Å². The number of rotatable bonds is 5. The van der Waals surface area contributed by atoms with Crippen LogP contribution in [0, 0.1) is 5.92 Å². The highest BCUT2D eigenvalue weighted by molar-refractivity contribution is 6.31. The fourth-order valence-corrected chi connectivity index (χ4v) is 2.70. The molecule has 0 radical (unpaired) electrons. The normalized spacial score (nSPS) is 15.7. The molecule has 108 valence electrons. The van der Waals surface area contributed by atoms with Crippen LogP contribution < -0.4 is 10.6 Å². The van der Waals surface area contributed by atoms with Crippen molar-refractivity contribution in [2.75, 3.05) is 6.54 Å². The van der Waals surface area contributed by atoms with E-state index in [1.54, 1.807) is 6.20 Å². The van der Waals surface area contributed by atoms with Crippen molar-refractivity contribution in [3.8, 4) is 0 Å². The molecule has 1 fully saturated rings. The summed E-state index contributed by atoms with van der Waals surface area (Å²) in [6, 6.07) is 7.53. The molecule has 0 atom stereocenters. The minimum atomic E-state index is -0.161. The molecule has 2 rings (SSSR count). The molecule has 2 N–H and O–H groups in total. The lowest BCUT2D eigenvalue weighted by Gasteiger charge is -2.06. The van der Waals surface area contributed by atoms with Crippen LogP contribution in [0.5, 0.6) is 0 Å². The Balaban J connectivity index is 1.64. The minimum absolute atomic E-state index is 0.161. The van der Waals surface area contributed by atoms with E-state index in [-0.39, 0.29) is 6.03 Å². The minimum Gasteiger partial charge on any atom is -0.338 e. The first-order valence-corrected chi connectivity index (χ1v) is 7.58. The van der Waals surface area contributed by atoms with Crippen LogP contribution in [0.25, 0.3) is 0 Å². The molecule has 1 saturated carbocycles. The molecule has 4 heteroatoms. The van der Waals surface area contributed by atoms with Gasteiger partial charge in [0, 0.05) is 17.8 Å². The number of amides is 2. The molecular formula is C16H21ClN2O. The maximum absolute atomic E-state index is 11.6. The maximum atomic E-state index is 11.6. The lowest BCUT2D eigenvalue weighted by Crippen LogP contribution is -2.33. The predicted octanol–water partition coefficient (Wildman–Crippen LogP) is 3.89. The molecule has 0 heterocycles. The molecule has 0 aromatic heterocycles. The Morgan fingerprint density at radius 3 is 2.80 bits per heavy atom. The van der Waals surface area contributed by atoms with Crippen molar-refractivity contribution in [3.63, 3.8) is 0 Å². The molecule has 3 nitrogen and oxygen atoms in total. The summed E-state index contributed by atoms with van der Waals surface area (Å²) in [5.74, 6) is 0.637. The number of hydrogen-bond acceptors (Lipinski definition) is 1. The molecule has 20 heavy (non-hydrogen) atoms. The van der Waals surface area contributed by atoms with Crippen molar-refractivity contribution in [3.05, 3.63) is 47.1 Å². The summed E-state index contributed by atoms with van der Waals surface area (Å²) in [5.41, 5.74) is 1.05. The highest BCUT2D eigenvalue weighted by Gasteiger charge is 2.11. The van der Waals surface area contributed by atoms with Crippen LogP contribution in [0.3, 0.4) is 0 Å². The number of carbonyl (C=O) groups is 1. The van der Waals surface area contributed by atoms with Gasteiger partial charge in [-0.25, -0.2) is 4.79 Å². The summed E-state index contributed by atoms with van der Waals surface area (Å²) in [6.07, 6.45) is 9.69.